The van der Waals surface area contributed by atoms with E-state index in [2.05, 4.69) is 4.72 Å². The van der Waals surface area contributed by atoms with Crippen LogP contribution >= 0.6 is 12.2 Å². The van der Waals surface area contributed by atoms with Crippen molar-refractivity contribution in [2.75, 3.05) is 18.1 Å². The standard InChI is InChI=1S/C25H27F3N4O4S2/c1-16(2)30-38(34,35)20-10-8-19(9-11-20)36-13-5-12-31-23(37)32(22(33)24(31,3)4)18-7-6-17(15-29)21(14-18)25(26,27)28/h6-11,14,16,30H,5,12-13H2,1-4H3. The van der Waals surface area contributed by atoms with Gasteiger partial charge in [0.05, 0.1) is 34.4 Å². The van der Waals surface area contributed by atoms with Gasteiger partial charge in [0.1, 0.15) is 11.3 Å². The van der Waals surface area contributed by atoms with Crippen LogP contribution in [0.25, 0.3) is 0 Å². The Balaban J connectivity index is 1.68. The minimum Gasteiger partial charge on any atom is -0.494 e. The number of nitrogens with zero attached hydrogens (tertiary/aromatic N) is 3. The summed E-state index contributed by atoms with van der Waals surface area (Å²) in [6.45, 7) is 7.19. The number of sulfonamides is 1. The molecular formula is C25H27F3N4O4S2. The number of hydrogen-bond acceptors (Lipinski definition) is 6. The van der Waals surface area contributed by atoms with Crippen molar-refractivity contribution in [1.82, 2.24) is 9.62 Å². The molecule has 0 bridgehead atoms. The number of amides is 1. The maximum Gasteiger partial charge on any atom is 0.417 e. The molecule has 1 aliphatic rings. The van der Waals surface area contributed by atoms with Crippen molar-refractivity contribution in [2.24, 2.45) is 0 Å². The van der Waals surface area contributed by atoms with E-state index in [0.29, 0.717) is 12.2 Å². The molecule has 8 nitrogen and oxygen atoms in total. The first-order chi connectivity index (χ1) is 17.6. The lowest BCUT2D eigenvalue weighted by atomic mass is 10.0. The summed E-state index contributed by atoms with van der Waals surface area (Å²) in [6.07, 6.45) is -4.36. The van der Waals surface area contributed by atoms with E-state index in [0.717, 1.165) is 17.0 Å². The molecule has 1 heterocycles. The number of carbonyl (C=O) groups excluding carboxylic acids is 1. The van der Waals surface area contributed by atoms with Crippen LogP contribution < -0.4 is 14.4 Å². The lowest BCUT2D eigenvalue weighted by Crippen LogP contribution is -2.44. The van der Waals surface area contributed by atoms with Crippen molar-refractivity contribution >= 4 is 38.9 Å². The number of hydrogen-bond donors (Lipinski definition) is 1. The number of rotatable bonds is 9. The van der Waals surface area contributed by atoms with Gasteiger partial charge in [-0.25, -0.2) is 13.1 Å². The molecule has 1 fully saturated rings. The van der Waals surface area contributed by atoms with Crippen molar-refractivity contribution in [3.05, 3.63) is 53.6 Å². The molecule has 0 radical (unpaired) electrons. The van der Waals surface area contributed by atoms with Crippen LogP contribution in [-0.4, -0.2) is 49.1 Å². The number of alkyl halides is 3. The van der Waals surface area contributed by atoms with E-state index in [1.165, 1.54) is 36.4 Å². The third kappa shape index (κ3) is 6.09. The van der Waals surface area contributed by atoms with Crippen LogP contribution in [0.3, 0.4) is 0 Å². The van der Waals surface area contributed by atoms with Crippen LogP contribution in [0.2, 0.25) is 0 Å². The van der Waals surface area contributed by atoms with E-state index < -0.39 is 38.8 Å². The summed E-state index contributed by atoms with van der Waals surface area (Å²) in [6, 6.07) is 10.3. The fraction of sp³-hybridized carbons (Fsp3) is 0.400. The Morgan fingerprint density at radius 1 is 1.16 bits per heavy atom. The van der Waals surface area contributed by atoms with Gasteiger partial charge < -0.3 is 9.64 Å². The van der Waals surface area contributed by atoms with Gasteiger partial charge in [0, 0.05) is 12.6 Å². The molecule has 1 saturated heterocycles. The Morgan fingerprint density at radius 3 is 2.34 bits per heavy atom. The van der Waals surface area contributed by atoms with E-state index in [4.69, 9.17) is 22.2 Å². The van der Waals surface area contributed by atoms with Crippen molar-refractivity contribution in [3.8, 4) is 11.8 Å². The Morgan fingerprint density at radius 2 is 1.79 bits per heavy atom. The van der Waals surface area contributed by atoms with Gasteiger partial charge in [-0.3, -0.25) is 9.69 Å². The molecule has 0 aromatic heterocycles. The molecule has 0 unspecified atom stereocenters. The molecule has 13 heteroatoms. The quantitative estimate of drug-likeness (QED) is 0.352. The van der Waals surface area contributed by atoms with Crippen LogP contribution in [0.1, 0.15) is 45.2 Å². The first kappa shape index (κ1) is 29.3. The second-order valence-corrected chi connectivity index (χ2v) is 11.5. The van der Waals surface area contributed by atoms with Crippen molar-refractivity contribution in [2.45, 2.75) is 56.8 Å². The summed E-state index contributed by atoms with van der Waals surface area (Å²) in [4.78, 5) is 15.9. The third-order valence-corrected chi connectivity index (χ3v) is 7.91. The summed E-state index contributed by atoms with van der Waals surface area (Å²) in [5.74, 6) is -0.0419. The summed E-state index contributed by atoms with van der Waals surface area (Å²) in [5.41, 5.74) is -2.88. The number of ether oxygens (including phenoxy) is 1. The molecule has 0 atom stereocenters. The molecule has 38 heavy (non-hydrogen) atoms. The number of anilines is 1. The molecule has 204 valence electrons. The fourth-order valence-electron chi connectivity index (χ4n) is 3.95. The van der Waals surface area contributed by atoms with Gasteiger partial charge in [-0.2, -0.15) is 18.4 Å². The molecule has 1 N–H and O–H groups in total. The largest absolute Gasteiger partial charge is 0.494 e. The highest BCUT2D eigenvalue weighted by Gasteiger charge is 2.49. The summed E-state index contributed by atoms with van der Waals surface area (Å²) in [7, 11) is -3.62. The summed E-state index contributed by atoms with van der Waals surface area (Å²) < 4.78 is 73.0. The fourth-order valence-corrected chi connectivity index (χ4v) is 5.71. The first-order valence-corrected chi connectivity index (χ1v) is 13.5. The molecule has 0 saturated carbocycles. The number of carbonyl (C=O) groups is 1. The highest BCUT2D eigenvalue weighted by atomic mass is 32.2. The number of halogens is 3. The van der Waals surface area contributed by atoms with Crippen molar-refractivity contribution < 1.29 is 31.1 Å². The Labute approximate surface area is 225 Å². The van der Waals surface area contributed by atoms with E-state index >= 15 is 0 Å². The lowest BCUT2D eigenvalue weighted by Gasteiger charge is -2.29. The summed E-state index contributed by atoms with van der Waals surface area (Å²) >= 11 is 5.47. The maximum absolute atomic E-state index is 13.5. The molecule has 2 aromatic rings. The van der Waals surface area contributed by atoms with Crippen LogP contribution in [0.5, 0.6) is 5.75 Å². The zero-order valence-corrected chi connectivity index (χ0v) is 22.8. The average Bonchev–Trinajstić information content (AvgIpc) is 2.99. The van der Waals surface area contributed by atoms with Crippen molar-refractivity contribution in [3.63, 3.8) is 0 Å². The van der Waals surface area contributed by atoms with E-state index in [-0.39, 0.29) is 34.9 Å². The van der Waals surface area contributed by atoms with Crippen molar-refractivity contribution in [1.29, 1.82) is 5.26 Å². The molecule has 0 aliphatic carbocycles. The molecule has 2 aromatic carbocycles. The smallest absolute Gasteiger partial charge is 0.417 e. The predicted octanol–water partition coefficient (Wildman–Crippen LogP) is 4.44. The molecule has 1 aliphatic heterocycles. The van der Waals surface area contributed by atoms with Crippen LogP contribution in [0.15, 0.2) is 47.4 Å². The second kappa shape index (κ2) is 10.9. The van der Waals surface area contributed by atoms with E-state index in [9.17, 15) is 26.4 Å². The van der Waals surface area contributed by atoms with Gasteiger partial charge in [-0.1, -0.05) is 0 Å². The van der Waals surface area contributed by atoms with Crippen LogP contribution in [0.4, 0.5) is 18.9 Å². The Bertz CT molecular complexity index is 1370. The molecule has 1 amide bonds. The normalized spacial score (nSPS) is 15.8. The minimum absolute atomic E-state index is 0.0463. The van der Waals surface area contributed by atoms with Crippen LogP contribution in [0, 0.1) is 11.3 Å². The van der Waals surface area contributed by atoms with E-state index in [1.54, 1.807) is 32.6 Å². The Hall–Kier alpha value is -3.21. The average molecular weight is 569 g/mol. The highest BCUT2D eigenvalue weighted by Crippen LogP contribution is 2.37. The first-order valence-electron chi connectivity index (χ1n) is 11.6. The van der Waals surface area contributed by atoms with Crippen LogP contribution in [-0.2, 0) is 21.0 Å². The van der Waals surface area contributed by atoms with Gasteiger partial charge in [0.25, 0.3) is 5.91 Å². The number of nitrogens with one attached hydrogen (secondary N) is 1. The second-order valence-electron chi connectivity index (χ2n) is 9.42. The SMILES string of the molecule is CC(C)NS(=O)(=O)c1ccc(OCCCN2C(=S)N(c3ccc(C#N)c(C(F)(F)F)c3)C(=O)C2(C)C)cc1. The number of benzene rings is 2. The monoisotopic (exact) mass is 568 g/mol. The predicted molar refractivity (Wildman–Crippen MR) is 139 cm³/mol. The van der Waals surface area contributed by atoms with Gasteiger partial charge in [0.15, 0.2) is 5.11 Å². The Kier molecular flexibility index (Phi) is 8.40. The van der Waals surface area contributed by atoms with Gasteiger partial charge >= 0.3 is 6.18 Å². The zero-order chi connectivity index (χ0) is 28.5. The zero-order valence-electron chi connectivity index (χ0n) is 21.2. The van der Waals surface area contributed by atoms with Gasteiger partial charge in [0.2, 0.25) is 10.0 Å². The topological polar surface area (TPSA) is 103 Å². The number of nitriles is 1. The van der Waals surface area contributed by atoms with Gasteiger partial charge in [-0.15, -0.1) is 0 Å². The molecule has 0 spiro atoms. The maximum atomic E-state index is 13.5. The van der Waals surface area contributed by atoms with E-state index in [1.807, 2.05) is 0 Å². The molecular weight excluding hydrogens is 541 g/mol. The van der Waals surface area contributed by atoms with Gasteiger partial charge in [-0.05, 0) is 88.8 Å². The lowest BCUT2D eigenvalue weighted by molar-refractivity contribution is -0.137. The minimum atomic E-state index is -4.77. The highest BCUT2D eigenvalue weighted by molar-refractivity contribution is 7.89. The number of thiocarbonyl (C=S) groups is 1. The molecule has 3 rings (SSSR count). The third-order valence-electron chi connectivity index (χ3n) is 5.83. The summed E-state index contributed by atoms with van der Waals surface area (Å²) in [5, 5.41) is 9.09.